The van der Waals surface area contributed by atoms with E-state index in [1.807, 2.05) is 0 Å². The molecule has 94 valence electrons. The highest BCUT2D eigenvalue weighted by Crippen LogP contribution is 2.28. The Hall–Kier alpha value is -1.03. The van der Waals surface area contributed by atoms with Crippen molar-refractivity contribution in [2.45, 2.75) is 38.5 Å². The molecule has 2 unspecified atom stereocenters. The van der Waals surface area contributed by atoms with Gasteiger partial charge >= 0.3 is 0 Å². The normalized spacial score (nSPS) is 23.9. The third-order valence-electron chi connectivity index (χ3n) is 3.14. The van der Waals surface area contributed by atoms with E-state index in [9.17, 15) is 4.79 Å². The molecular weight excluding hydrogens is 240 g/mol. The Kier molecular flexibility index (Phi) is 3.72. The maximum atomic E-state index is 11.8. The average Bonchev–Trinajstić information content (AvgIpc) is 2.81. The lowest BCUT2D eigenvalue weighted by Crippen LogP contribution is -2.28. The second-order valence-electron chi connectivity index (χ2n) is 4.63. The highest BCUT2D eigenvalue weighted by Gasteiger charge is 2.24. The Bertz CT molecular complexity index is 417. The fraction of sp³-hybridized carbons (Fsp3) is 0.667. The van der Waals surface area contributed by atoms with Crippen LogP contribution < -0.4 is 5.32 Å². The molecule has 2 rings (SSSR count). The van der Waals surface area contributed by atoms with Crippen LogP contribution in [0.15, 0.2) is 4.42 Å². The zero-order chi connectivity index (χ0) is 12.4. The molecule has 1 heterocycles. The minimum atomic E-state index is -0.180. The first-order valence-corrected chi connectivity index (χ1v) is 6.36. The molecule has 1 aromatic heterocycles. The Labute approximate surface area is 106 Å². The summed E-state index contributed by atoms with van der Waals surface area (Å²) in [6, 6.07) is 0. The minimum absolute atomic E-state index is 0.180. The van der Waals surface area contributed by atoms with Gasteiger partial charge in [0.15, 0.2) is 5.89 Å². The predicted molar refractivity (Wildman–Crippen MR) is 65.3 cm³/mol. The molecule has 4 nitrogen and oxygen atoms in total. The van der Waals surface area contributed by atoms with Crippen LogP contribution in [0.5, 0.6) is 0 Å². The van der Waals surface area contributed by atoms with Crippen molar-refractivity contribution < 1.29 is 9.21 Å². The summed E-state index contributed by atoms with van der Waals surface area (Å²) in [6.45, 7) is 4.18. The SMILES string of the molecule is Cc1nc(C)c(C(=O)NCC2CCC(Cl)C2)o1. The summed E-state index contributed by atoms with van der Waals surface area (Å²) in [5.74, 6) is 1.16. The molecule has 1 aromatic rings. The van der Waals surface area contributed by atoms with Crippen molar-refractivity contribution in [2.75, 3.05) is 6.54 Å². The number of carbonyl (C=O) groups excluding carboxylic acids is 1. The molecule has 0 spiro atoms. The van der Waals surface area contributed by atoms with Crippen LogP contribution >= 0.6 is 11.6 Å². The van der Waals surface area contributed by atoms with E-state index in [1.165, 1.54) is 0 Å². The number of hydrogen-bond acceptors (Lipinski definition) is 3. The minimum Gasteiger partial charge on any atom is -0.436 e. The molecule has 0 radical (unpaired) electrons. The van der Waals surface area contributed by atoms with Gasteiger partial charge in [-0.15, -0.1) is 11.6 Å². The summed E-state index contributed by atoms with van der Waals surface area (Å²) >= 11 is 6.03. The molecule has 1 aliphatic rings. The van der Waals surface area contributed by atoms with Gasteiger partial charge in [0.05, 0.1) is 5.69 Å². The van der Waals surface area contributed by atoms with Gasteiger partial charge in [0.1, 0.15) is 0 Å². The fourth-order valence-electron chi connectivity index (χ4n) is 2.26. The molecule has 1 saturated carbocycles. The van der Waals surface area contributed by atoms with Crippen LogP contribution in [0.2, 0.25) is 0 Å². The fourth-order valence-corrected chi connectivity index (χ4v) is 2.64. The Morgan fingerprint density at radius 1 is 1.53 bits per heavy atom. The number of nitrogens with one attached hydrogen (secondary N) is 1. The van der Waals surface area contributed by atoms with Crippen LogP contribution in [0.3, 0.4) is 0 Å². The molecule has 5 heteroatoms. The highest BCUT2D eigenvalue weighted by atomic mass is 35.5. The third kappa shape index (κ3) is 3.00. The number of aromatic nitrogens is 1. The predicted octanol–water partition coefficient (Wildman–Crippen LogP) is 2.43. The van der Waals surface area contributed by atoms with Gasteiger partial charge in [0, 0.05) is 18.8 Å². The topological polar surface area (TPSA) is 55.1 Å². The number of halogens is 1. The number of rotatable bonds is 3. The van der Waals surface area contributed by atoms with Gasteiger partial charge in [0.25, 0.3) is 5.91 Å². The number of amides is 1. The van der Waals surface area contributed by atoms with Gasteiger partial charge in [0.2, 0.25) is 5.76 Å². The van der Waals surface area contributed by atoms with E-state index in [-0.39, 0.29) is 11.3 Å². The lowest BCUT2D eigenvalue weighted by molar-refractivity contribution is 0.0917. The molecule has 1 amide bonds. The maximum absolute atomic E-state index is 11.8. The number of hydrogen-bond donors (Lipinski definition) is 1. The van der Waals surface area contributed by atoms with E-state index in [2.05, 4.69) is 10.3 Å². The van der Waals surface area contributed by atoms with E-state index in [1.54, 1.807) is 13.8 Å². The smallest absolute Gasteiger partial charge is 0.289 e. The molecule has 0 saturated heterocycles. The van der Waals surface area contributed by atoms with Gasteiger partial charge in [-0.2, -0.15) is 0 Å². The van der Waals surface area contributed by atoms with Crippen molar-refractivity contribution in [2.24, 2.45) is 5.92 Å². The summed E-state index contributed by atoms with van der Waals surface area (Å²) in [4.78, 5) is 15.9. The molecule has 17 heavy (non-hydrogen) atoms. The first-order chi connectivity index (χ1) is 8.06. The van der Waals surface area contributed by atoms with Crippen molar-refractivity contribution in [3.05, 3.63) is 17.3 Å². The zero-order valence-electron chi connectivity index (χ0n) is 10.1. The lowest BCUT2D eigenvalue weighted by Gasteiger charge is -2.09. The van der Waals surface area contributed by atoms with Crippen LogP contribution in [-0.2, 0) is 0 Å². The van der Waals surface area contributed by atoms with E-state index >= 15 is 0 Å². The van der Waals surface area contributed by atoms with Crippen molar-refractivity contribution >= 4 is 17.5 Å². The van der Waals surface area contributed by atoms with Crippen molar-refractivity contribution in [3.8, 4) is 0 Å². The third-order valence-corrected chi connectivity index (χ3v) is 3.53. The molecule has 1 aliphatic carbocycles. The first-order valence-electron chi connectivity index (χ1n) is 5.92. The highest BCUT2D eigenvalue weighted by molar-refractivity contribution is 6.20. The van der Waals surface area contributed by atoms with Crippen LogP contribution in [0.1, 0.15) is 41.4 Å². The molecule has 0 aliphatic heterocycles. The quantitative estimate of drug-likeness (QED) is 0.845. The molecule has 1 fully saturated rings. The largest absolute Gasteiger partial charge is 0.436 e. The zero-order valence-corrected chi connectivity index (χ0v) is 10.9. The van der Waals surface area contributed by atoms with Crippen molar-refractivity contribution in [1.29, 1.82) is 0 Å². The number of oxazole rings is 1. The van der Waals surface area contributed by atoms with Crippen LogP contribution in [0, 0.1) is 19.8 Å². The summed E-state index contributed by atoms with van der Waals surface area (Å²) in [5, 5.41) is 3.15. The van der Waals surface area contributed by atoms with Crippen LogP contribution in [-0.4, -0.2) is 22.8 Å². The van der Waals surface area contributed by atoms with Crippen LogP contribution in [0.4, 0.5) is 0 Å². The Morgan fingerprint density at radius 2 is 2.29 bits per heavy atom. The molecule has 1 N–H and O–H groups in total. The van der Waals surface area contributed by atoms with E-state index in [0.29, 0.717) is 29.8 Å². The lowest BCUT2D eigenvalue weighted by atomic mass is 10.1. The monoisotopic (exact) mass is 256 g/mol. The average molecular weight is 257 g/mol. The van der Waals surface area contributed by atoms with Crippen molar-refractivity contribution in [1.82, 2.24) is 10.3 Å². The number of aryl methyl sites for hydroxylation is 2. The molecule has 0 aromatic carbocycles. The summed E-state index contributed by atoms with van der Waals surface area (Å²) < 4.78 is 5.26. The Morgan fingerprint density at radius 3 is 2.82 bits per heavy atom. The number of alkyl halides is 1. The van der Waals surface area contributed by atoms with Gasteiger partial charge in [-0.05, 0) is 32.1 Å². The van der Waals surface area contributed by atoms with Crippen molar-refractivity contribution in [3.63, 3.8) is 0 Å². The van der Waals surface area contributed by atoms with Gasteiger partial charge in [-0.3, -0.25) is 4.79 Å². The number of carbonyl (C=O) groups is 1. The van der Waals surface area contributed by atoms with Gasteiger partial charge < -0.3 is 9.73 Å². The van der Waals surface area contributed by atoms with Crippen LogP contribution in [0.25, 0.3) is 0 Å². The first kappa shape index (κ1) is 12.4. The Balaban J connectivity index is 1.87. The summed E-state index contributed by atoms with van der Waals surface area (Å²) in [7, 11) is 0. The number of nitrogens with zero attached hydrogens (tertiary/aromatic N) is 1. The second-order valence-corrected chi connectivity index (χ2v) is 5.25. The maximum Gasteiger partial charge on any atom is 0.289 e. The molecular formula is C12H17ClN2O2. The summed E-state index contributed by atoms with van der Waals surface area (Å²) in [5.41, 5.74) is 0.640. The second kappa shape index (κ2) is 5.08. The standard InChI is InChI=1S/C12H17ClN2O2/c1-7-11(17-8(2)15-7)12(16)14-6-9-3-4-10(13)5-9/h9-10H,3-6H2,1-2H3,(H,14,16). The molecule has 0 bridgehead atoms. The van der Waals surface area contributed by atoms with E-state index in [0.717, 1.165) is 19.3 Å². The van der Waals surface area contributed by atoms with Gasteiger partial charge in [-0.25, -0.2) is 4.98 Å². The van der Waals surface area contributed by atoms with E-state index in [4.69, 9.17) is 16.0 Å². The summed E-state index contributed by atoms with van der Waals surface area (Å²) in [6.07, 6.45) is 3.11. The van der Waals surface area contributed by atoms with Gasteiger partial charge in [-0.1, -0.05) is 0 Å². The molecule has 2 atom stereocenters. The van der Waals surface area contributed by atoms with E-state index < -0.39 is 0 Å².